The predicted octanol–water partition coefficient (Wildman–Crippen LogP) is 3.76. The van der Waals surface area contributed by atoms with Gasteiger partial charge in [0.1, 0.15) is 6.61 Å². The molecule has 1 aliphatic rings. The Kier molecular flexibility index (Phi) is 9.83. The van der Waals surface area contributed by atoms with Gasteiger partial charge in [-0.15, -0.1) is 0 Å². The van der Waals surface area contributed by atoms with Crippen LogP contribution in [0, 0.1) is 0 Å². The molecule has 10 heteroatoms. The van der Waals surface area contributed by atoms with Crippen molar-refractivity contribution in [2.75, 3.05) is 51.5 Å². The minimum absolute atomic E-state index is 0.0457. The van der Waals surface area contributed by atoms with Gasteiger partial charge in [0.05, 0.1) is 18.4 Å². The van der Waals surface area contributed by atoms with Crippen molar-refractivity contribution >= 4 is 11.7 Å². The molecule has 0 fully saturated rings. The van der Waals surface area contributed by atoms with Crippen LogP contribution in [0.5, 0.6) is 11.5 Å². The smallest absolute Gasteiger partial charge is 0.422 e. The molecule has 0 saturated carbocycles. The van der Waals surface area contributed by atoms with Crippen LogP contribution in [0.3, 0.4) is 0 Å². The number of rotatable bonds is 13. The number of halogens is 3. The zero-order valence-corrected chi connectivity index (χ0v) is 20.6. The van der Waals surface area contributed by atoms with Crippen molar-refractivity contribution in [1.29, 1.82) is 0 Å². The molecule has 2 aromatic rings. The van der Waals surface area contributed by atoms with E-state index < -0.39 is 12.8 Å². The van der Waals surface area contributed by atoms with E-state index in [4.69, 9.17) is 14.2 Å². The summed E-state index contributed by atoms with van der Waals surface area (Å²) in [6, 6.07) is 10.3. The van der Waals surface area contributed by atoms with E-state index in [1.54, 1.807) is 18.2 Å². The predicted molar refractivity (Wildman–Crippen MR) is 130 cm³/mol. The first kappa shape index (κ1) is 27.6. The highest BCUT2D eigenvalue weighted by Crippen LogP contribution is 2.34. The Morgan fingerprint density at radius 1 is 1.19 bits per heavy atom. The Labute approximate surface area is 209 Å². The molecule has 36 heavy (non-hydrogen) atoms. The van der Waals surface area contributed by atoms with Gasteiger partial charge in [0, 0.05) is 32.3 Å². The number of benzene rings is 2. The molecule has 1 heterocycles. The number of ether oxygens (including phenoxy) is 3. The third kappa shape index (κ3) is 7.76. The minimum Gasteiger partial charge on any atom is -0.488 e. The highest BCUT2D eigenvalue weighted by molar-refractivity contribution is 5.97. The molecular formula is C26H33F3N2O5. The fraction of sp³-hybridized carbons (Fsp3) is 0.500. The third-order valence-corrected chi connectivity index (χ3v) is 5.84. The molecule has 0 saturated heterocycles. The highest BCUT2D eigenvalue weighted by Gasteiger charge is 2.29. The number of alkyl halides is 3. The summed E-state index contributed by atoms with van der Waals surface area (Å²) in [6.07, 6.45) is -2.31. The van der Waals surface area contributed by atoms with Crippen LogP contribution in [-0.4, -0.2) is 69.9 Å². The van der Waals surface area contributed by atoms with E-state index in [0.717, 1.165) is 29.8 Å². The fourth-order valence-corrected chi connectivity index (χ4v) is 4.30. The van der Waals surface area contributed by atoms with Gasteiger partial charge in [-0.3, -0.25) is 0 Å². The molecule has 0 unspecified atom stereocenters. The molecule has 0 aliphatic carbocycles. The molecule has 1 aliphatic heterocycles. The lowest BCUT2D eigenvalue weighted by Gasteiger charge is -2.22. The van der Waals surface area contributed by atoms with Crippen LogP contribution in [0.2, 0.25) is 0 Å². The number of aliphatic hydroxyl groups is 1. The van der Waals surface area contributed by atoms with Gasteiger partial charge in [-0.05, 0) is 55.5 Å². The van der Waals surface area contributed by atoms with Crippen molar-refractivity contribution < 1.29 is 37.3 Å². The van der Waals surface area contributed by atoms with Gasteiger partial charge in [-0.1, -0.05) is 18.2 Å². The fourth-order valence-electron chi connectivity index (χ4n) is 4.30. The Bertz CT molecular complexity index is 1020. The van der Waals surface area contributed by atoms with Crippen molar-refractivity contribution in [3.63, 3.8) is 0 Å². The maximum absolute atomic E-state index is 12.5. The Morgan fingerprint density at radius 2 is 1.92 bits per heavy atom. The Hall–Kier alpha value is -2.98. The van der Waals surface area contributed by atoms with Gasteiger partial charge in [0.15, 0.2) is 18.1 Å². The van der Waals surface area contributed by atoms with E-state index >= 15 is 0 Å². The minimum atomic E-state index is -4.42. The first-order valence-electron chi connectivity index (χ1n) is 12.0. The van der Waals surface area contributed by atoms with Gasteiger partial charge in [0.25, 0.3) is 0 Å². The van der Waals surface area contributed by atoms with Gasteiger partial charge in [-0.2, -0.15) is 13.2 Å². The summed E-state index contributed by atoms with van der Waals surface area (Å²) in [5.74, 6) is -0.0860. The van der Waals surface area contributed by atoms with Crippen LogP contribution in [0.15, 0.2) is 36.4 Å². The van der Waals surface area contributed by atoms with Gasteiger partial charge < -0.3 is 29.5 Å². The zero-order chi connectivity index (χ0) is 26.1. The van der Waals surface area contributed by atoms with E-state index in [1.165, 1.54) is 13.2 Å². The first-order chi connectivity index (χ1) is 17.2. The van der Waals surface area contributed by atoms with Crippen LogP contribution in [0.1, 0.15) is 34.8 Å². The maximum Gasteiger partial charge on any atom is 0.422 e. The van der Waals surface area contributed by atoms with E-state index in [9.17, 15) is 23.1 Å². The third-order valence-electron chi connectivity index (χ3n) is 5.84. The summed E-state index contributed by atoms with van der Waals surface area (Å²) in [5, 5.41) is 12.5. The van der Waals surface area contributed by atoms with Crippen LogP contribution in [0.4, 0.5) is 18.9 Å². The molecule has 2 aromatic carbocycles. The largest absolute Gasteiger partial charge is 0.488 e. The van der Waals surface area contributed by atoms with Crippen LogP contribution in [0.25, 0.3) is 0 Å². The number of nitrogens with one attached hydrogen (secondary N) is 1. The number of carbonyl (C=O) groups is 1. The molecule has 0 radical (unpaired) electrons. The number of fused-ring (bicyclic) bond motifs is 1. The van der Waals surface area contributed by atoms with E-state index in [0.29, 0.717) is 31.5 Å². The quantitative estimate of drug-likeness (QED) is 0.314. The summed E-state index contributed by atoms with van der Waals surface area (Å²) >= 11 is 0. The lowest BCUT2D eigenvalue weighted by Crippen LogP contribution is -2.32. The van der Waals surface area contributed by atoms with Crippen molar-refractivity contribution in [1.82, 2.24) is 5.32 Å². The molecular weight excluding hydrogens is 477 g/mol. The SMILES string of the molecule is COC(=O)c1cc(C[C@@H](C)NCCOc2ccccc2OCC(F)(F)F)cc2c1N(CCCO)CC2. The molecule has 2 N–H and O–H groups in total. The second-order valence-corrected chi connectivity index (χ2v) is 8.72. The van der Waals surface area contributed by atoms with Crippen molar-refractivity contribution in [3.05, 3.63) is 53.1 Å². The zero-order valence-electron chi connectivity index (χ0n) is 20.6. The summed E-state index contributed by atoms with van der Waals surface area (Å²) in [7, 11) is 1.37. The van der Waals surface area contributed by atoms with E-state index in [2.05, 4.69) is 16.3 Å². The van der Waals surface area contributed by atoms with Gasteiger partial charge in [-0.25, -0.2) is 4.79 Å². The molecule has 3 rings (SSSR count). The summed E-state index contributed by atoms with van der Waals surface area (Å²) in [4.78, 5) is 14.6. The van der Waals surface area contributed by atoms with Gasteiger partial charge in [0.2, 0.25) is 0 Å². The van der Waals surface area contributed by atoms with Crippen LogP contribution >= 0.6 is 0 Å². The van der Waals surface area contributed by atoms with Gasteiger partial charge >= 0.3 is 12.1 Å². The average molecular weight is 511 g/mol. The number of nitrogens with zero attached hydrogens (tertiary/aromatic N) is 1. The molecule has 0 amide bonds. The topological polar surface area (TPSA) is 80.3 Å². The Balaban J connectivity index is 1.56. The Morgan fingerprint density at radius 3 is 2.58 bits per heavy atom. The molecule has 0 spiro atoms. The van der Waals surface area contributed by atoms with Crippen LogP contribution in [-0.2, 0) is 17.6 Å². The summed E-state index contributed by atoms with van der Waals surface area (Å²) in [5.41, 5.74) is 3.52. The summed E-state index contributed by atoms with van der Waals surface area (Å²) in [6.45, 7) is 2.91. The lowest BCUT2D eigenvalue weighted by atomic mass is 9.98. The number of methoxy groups -OCH3 is 1. The number of carbonyl (C=O) groups excluding carboxylic acids is 1. The molecule has 0 bridgehead atoms. The number of hydrogen-bond acceptors (Lipinski definition) is 7. The average Bonchev–Trinajstić information content (AvgIpc) is 3.26. The number of aliphatic hydroxyl groups excluding tert-OH is 1. The normalized spacial score (nSPS) is 13.9. The maximum atomic E-state index is 12.5. The summed E-state index contributed by atoms with van der Waals surface area (Å²) < 4.78 is 52.9. The molecule has 0 aromatic heterocycles. The second kappa shape index (κ2) is 12.8. The van der Waals surface area contributed by atoms with Crippen molar-refractivity contribution in [2.45, 2.75) is 38.4 Å². The van der Waals surface area contributed by atoms with Crippen molar-refractivity contribution in [3.8, 4) is 11.5 Å². The number of esters is 1. The molecule has 1 atom stereocenters. The second-order valence-electron chi connectivity index (χ2n) is 8.72. The van der Waals surface area contributed by atoms with E-state index in [-0.39, 0.29) is 36.7 Å². The van der Waals surface area contributed by atoms with E-state index in [1.807, 2.05) is 13.0 Å². The lowest BCUT2D eigenvalue weighted by molar-refractivity contribution is -0.153. The first-order valence-corrected chi connectivity index (χ1v) is 12.0. The highest BCUT2D eigenvalue weighted by atomic mass is 19.4. The molecule has 198 valence electrons. The molecule has 7 nitrogen and oxygen atoms in total. The standard InChI is InChI=1S/C26H33F3N2O5/c1-18(30-9-13-35-22-6-3-4-7-23(22)36-17-26(27,28)29)14-19-15-20-8-11-31(10-5-12-32)24(20)21(16-19)25(33)34-2/h3-4,6-7,15-16,18,30,32H,5,8-14,17H2,1-2H3/t18-/m1/s1. The number of para-hydroxylation sites is 2. The monoisotopic (exact) mass is 510 g/mol. The number of anilines is 1. The number of hydrogen-bond donors (Lipinski definition) is 2. The van der Waals surface area contributed by atoms with Crippen molar-refractivity contribution in [2.24, 2.45) is 0 Å². The van der Waals surface area contributed by atoms with Crippen LogP contribution < -0.4 is 19.7 Å².